The van der Waals surface area contributed by atoms with Crippen LogP contribution in [0.25, 0.3) is 0 Å². The van der Waals surface area contributed by atoms with E-state index in [9.17, 15) is 12.8 Å². The van der Waals surface area contributed by atoms with E-state index in [1.807, 2.05) is 0 Å². The minimum absolute atomic E-state index is 0.0607. The molecular weight excluding hydrogens is 219 g/mol. The molecule has 0 radical (unpaired) electrons. The Hall–Kier alpha value is -1.45. The second-order valence-corrected chi connectivity index (χ2v) is 4.22. The van der Waals surface area contributed by atoms with Crippen LogP contribution >= 0.6 is 0 Å². The van der Waals surface area contributed by atoms with Crippen molar-refractivity contribution in [2.24, 2.45) is 0 Å². The molecule has 1 N–H and O–H groups in total. The Morgan fingerprint density at radius 2 is 2.33 bits per heavy atom. The molecule has 0 spiro atoms. The van der Waals surface area contributed by atoms with Crippen molar-refractivity contribution < 1.29 is 12.8 Å². The van der Waals surface area contributed by atoms with Gasteiger partial charge in [-0.25, -0.2) is 17.8 Å². The number of rotatable bonds is 3. The molecule has 1 heterocycles. The maximum absolute atomic E-state index is 13.1. The van der Waals surface area contributed by atoms with Crippen LogP contribution in [0.4, 0.5) is 4.39 Å². The van der Waals surface area contributed by atoms with Gasteiger partial charge in [-0.15, -0.1) is 5.92 Å². The van der Waals surface area contributed by atoms with Gasteiger partial charge in [-0.2, -0.15) is 4.72 Å². The second kappa shape index (κ2) is 4.87. The molecule has 0 aliphatic carbocycles. The third-order valence-electron chi connectivity index (χ3n) is 1.51. The minimum Gasteiger partial charge on any atom is -0.241 e. The van der Waals surface area contributed by atoms with Crippen LogP contribution < -0.4 is 4.72 Å². The Bertz CT molecular complexity index is 502. The molecule has 0 bridgehead atoms. The topological polar surface area (TPSA) is 59.1 Å². The Labute approximate surface area is 87.6 Å². The van der Waals surface area contributed by atoms with E-state index in [1.54, 1.807) is 6.92 Å². The van der Waals surface area contributed by atoms with Crippen molar-refractivity contribution in [3.8, 4) is 11.8 Å². The molecule has 15 heavy (non-hydrogen) atoms. The number of hydrogen-bond acceptors (Lipinski definition) is 3. The highest BCUT2D eigenvalue weighted by Crippen LogP contribution is 2.08. The van der Waals surface area contributed by atoms with Crippen molar-refractivity contribution >= 4 is 10.0 Å². The van der Waals surface area contributed by atoms with Crippen LogP contribution in [0.1, 0.15) is 6.92 Å². The molecule has 80 valence electrons. The molecule has 6 heteroatoms. The van der Waals surface area contributed by atoms with Gasteiger partial charge in [-0.3, -0.25) is 0 Å². The molecule has 0 saturated heterocycles. The van der Waals surface area contributed by atoms with Crippen molar-refractivity contribution in [2.75, 3.05) is 6.54 Å². The molecule has 0 fully saturated rings. The number of nitrogens with zero attached hydrogens (tertiary/aromatic N) is 1. The fraction of sp³-hybridized carbons (Fsp3) is 0.222. The normalized spacial score (nSPS) is 10.5. The first kappa shape index (κ1) is 11.6. The molecule has 0 amide bonds. The summed E-state index contributed by atoms with van der Waals surface area (Å²) in [7, 11) is -3.90. The summed E-state index contributed by atoms with van der Waals surface area (Å²) in [5.41, 5.74) is 0. The predicted molar refractivity (Wildman–Crippen MR) is 52.8 cm³/mol. The molecule has 1 rings (SSSR count). The Kier molecular flexibility index (Phi) is 3.77. The van der Waals surface area contributed by atoms with Crippen LogP contribution in [0.5, 0.6) is 0 Å². The van der Waals surface area contributed by atoms with Crippen LogP contribution in [0.2, 0.25) is 0 Å². The Morgan fingerprint density at radius 1 is 1.60 bits per heavy atom. The third kappa shape index (κ3) is 3.01. The summed E-state index contributed by atoms with van der Waals surface area (Å²) in [5, 5.41) is -0.608. The predicted octanol–water partition coefficient (Wildman–Crippen LogP) is 0.522. The highest BCUT2D eigenvalue weighted by molar-refractivity contribution is 7.89. The summed E-state index contributed by atoms with van der Waals surface area (Å²) in [6.07, 6.45) is 1.21. The summed E-state index contributed by atoms with van der Waals surface area (Å²) in [6.45, 7) is 1.52. The first-order valence-electron chi connectivity index (χ1n) is 4.07. The molecular formula is C9H9FN2O2S. The van der Waals surface area contributed by atoms with E-state index in [0.717, 1.165) is 6.07 Å². The average molecular weight is 228 g/mol. The fourth-order valence-electron chi connectivity index (χ4n) is 0.857. The van der Waals surface area contributed by atoms with Crippen LogP contribution in [0, 0.1) is 17.7 Å². The van der Waals surface area contributed by atoms with Crippen molar-refractivity contribution in [1.82, 2.24) is 9.71 Å². The molecule has 1 aromatic rings. The van der Waals surface area contributed by atoms with Crippen LogP contribution in [-0.2, 0) is 10.0 Å². The monoisotopic (exact) mass is 228 g/mol. The van der Waals surface area contributed by atoms with Crippen molar-refractivity contribution in [2.45, 2.75) is 11.9 Å². The first-order chi connectivity index (χ1) is 7.08. The van der Waals surface area contributed by atoms with E-state index in [1.165, 1.54) is 12.3 Å². The number of halogens is 1. The maximum Gasteiger partial charge on any atom is 0.261 e. The van der Waals surface area contributed by atoms with E-state index in [4.69, 9.17) is 0 Å². The molecule has 0 unspecified atom stereocenters. The lowest BCUT2D eigenvalue weighted by molar-refractivity contribution is 0.547. The lowest BCUT2D eigenvalue weighted by Crippen LogP contribution is -2.25. The number of nitrogens with one attached hydrogen (secondary N) is 1. The van der Waals surface area contributed by atoms with Crippen molar-refractivity contribution in [1.29, 1.82) is 0 Å². The third-order valence-corrected chi connectivity index (χ3v) is 2.84. The Balaban J connectivity index is 2.95. The van der Waals surface area contributed by atoms with Crippen LogP contribution in [0.3, 0.4) is 0 Å². The number of pyridine rings is 1. The average Bonchev–Trinajstić information content (AvgIpc) is 2.18. The largest absolute Gasteiger partial charge is 0.261 e. The SMILES string of the molecule is CC#CCNS(=O)(=O)c1ncccc1F. The van der Waals surface area contributed by atoms with E-state index in [-0.39, 0.29) is 6.54 Å². The zero-order valence-corrected chi connectivity index (χ0v) is 8.81. The Morgan fingerprint density at radius 3 is 2.93 bits per heavy atom. The second-order valence-electron chi connectivity index (χ2n) is 2.54. The maximum atomic E-state index is 13.1. The zero-order valence-electron chi connectivity index (χ0n) is 7.99. The number of sulfonamides is 1. The lowest BCUT2D eigenvalue weighted by Gasteiger charge is -2.02. The number of hydrogen-bond donors (Lipinski definition) is 1. The summed E-state index contributed by atoms with van der Waals surface area (Å²) in [6, 6.07) is 2.35. The minimum atomic E-state index is -3.90. The highest BCUT2D eigenvalue weighted by atomic mass is 32.2. The number of aromatic nitrogens is 1. The van der Waals surface area contributed by atoms with E-state index in [2.05, 4.69) is 21.5 Å². The molecule has 0 aliphatic heterocycles. The fourth-order valence-corrected chi connectivity index (χ4v) is 1.78. The van der Waals surface area contributed by atoms with Crippen molar-refractivity contribution in [3.05, 3.63) is 24.1 Å². The van der Waals surface area contributed by atoms with Gasteiger partial charge in [0.2, 0.25) is 5.03 Å². The van der Waals surface area contributed by atoms with Gasteiger partial charge in [0, 0.05) is 6.20 Å². The summed E-state index contributed by atoms with van der Waals surface area (Å²) in [4.78, 5) is 3.46. The van der Waals surface area contributed by atoms with Gasteiger partial charge in [0.15, 0.2) is 5.82 Å². The quantitative estimate of drug-likeness (QED) is 0.767. The molecule has 0 aliphatic rings. The molecule has 0 saturated carbocycles. The first-order valence-corrected chi connectivity index (χ1v) is 5.56. The van der Waals surface area contributed by atoms with Crippen LogP contribution in [-0.4, -0.2) is 19.9 Å². The van der Waals surface area contributed by atoms with E-state index in [0.29, 0.717) is 0 Å². The summed E-state index contributed by atoms with van der Waals surface area (Å²) >= 11 is 0. The molecule has 4 nitrogen and oxygen atoms in total. The van der Waals surface area contributed by atoms with Gasteiger partial charge < -0.3 is 0 Å². The van der Waals surface area contributed by atoms with Gasteiger partial charge in [-0.05, 0) is 19.1 Å². The van der Waals surface area contributed by atoms with Gasteiger partial charge in [0.1, 0.15) is 0 Å². The molecule has 0 atom stereocenters. The zero-order chi connectivity index (χ0) is 11.3. The molecule has 0 aromatic carbocycles. The van der Waals surface area contributed by atoms with Gasteiger partial charge >= 0.3 is 0 Å². The van der Waals surface area contributed by atoms with Gasteiger partial charge in [0.05, 0.1) is 6.54 Å². The smallest absolute Gasteiger partial charge is 0.241 e. The van der Waals surface area contributed by atoms with Crippen LogP contribution in [0.15, 0.2) is 23.4 Å². The van der Waals surface area contributed by atoms with Gasteiger partial charge in [0.25, 0.3) is 10.0 Å². The lowest BCUT2D eigenvalue weighted by atomic mass is 10.5. The van der Waals surface area contributed by atoms with E-state index >= 15 is 0 Å². The summed E-state index contributed by atoms with van der Waals surface area (Å²) < 4.78 is 38.1. The standard InChI is InChI=1S/C9H9FN2O2S/c1-2-3-7-12-15(13,14)9-8(10)5-4-6-11-9/h4-6,12H,7H2,1H3. The molecule has 1 aromatic heterocycles. The van der Waals surface area contributed by atoms with Crippen molar-refractivity contribution in [3.63, 3.8) is 0 Å². The summed E-state index contributed by atoms with van der Waals surface area (Å²) in [5.74, 6) is 4.14. The van der Waals surface area contributed by atoms with Gasteiger partial charge in [-0.1, -0.05) is 5.92 Å². The van der Waals surface area contributed by atoms with E-state index < -0.39 is 20.9 Å². The highest BCUT2D eigenvalue weighted by Gasteiger charge is 2.18.